The topological polar surface area (TPSA) is 69.6 Å². The summed E-state index contributed by atoms with van der Waals surface area (Å²) in [4.78, 5) is 25.6. The summed E-state index contributed by atoms with van der Waals surface area (Å²) in [5.74, 6) is -0.802. The Morgan fingerprint density at radius 1 is 1.37 bits per heavy atom. The number of carboxylic acids is 1. The molecule has 0 radical (unpaired) electrons. The van der Waals surface area contributed by atoms with Crippen LogP contribution in [0.25, 0.3) is 0 Å². The van der Waals surface area contributed by atoms with Crippen molar-refractivity contribution >= 4 is 12.0 Å². The summed E-state index contributed by atoms with van der Waals surface area (Å²) in [7, 11) is 0. The highest BCUT2D eigenvalue weighted by Crippen LogP contribution is 2.38. The first-order valence-corrected chi connectivity index (χ1v) is 7.29. The van der Waals surface area contributed by atoms with Gasteiger partial charge in [-0.25, -0.2) is 4.79 Å². The SMILES string of the molecule is CCCN(C(=O)NC1CCCC1(C)C(=O)O)C1CC1. The van der Waals surface area contributed by atoms with E-state index in [1.54, 1.807) is 6.92 Å². The van der Waals surface area contributed by atoms with E-state index in [4.69, 9.17) is 0 Å². The zero-order valence-electron chi connectivity index (χ0n) is 11.8. The number of nitrogens with one attached hydrogen (secondary N) is 1. The number of carbonyl (C=O) groups is 2. The zero-order valence-corrected chi connectivity index (χ0v) is 11.8. The summed E-state index contributed by atoms with van der Waals surface area (Å²) >= 11 is 0. The number of amides is 2. The van der Waals surface area contributed by atoms with Crippen LogP contribution < -0.4 is 5.32 Å². The third-order valence-corrected chi connectivity index (χ3v) is 4.46. The van der Waals surface area contributed by atoms with Gasteiger partial charge >= 0.3 is 12.0 Å². The van der Waals surface area contributed by atoms with Gasteiger partial charge < -0.3 is 15.3 Å². The zero-order chi connectivity index (χ0) is 14.0. The largest absolute Gasteiger partial charge is 0.481 e. The van der Waals surface area contributed by atoms with Gasteiger partial charge in [0, 0.05) is 18.6 Å². The van der Waals surface area contributed by atoms with E-state index in [0.717, 1.165) is 38.6 Å². The van der Waals surface area contributed by atoms with E-state index in [9.17, 15) is 14.7 Å². The van der Waals surface area contributed by atoms with E-state index in [-0.39, 0.29) is 12.1 Å². The summed E-state index contributed by atoms with van der Waals surface area (Å²) in [5.41, 5.74) is -0.808. The Kier molecular flexibility index (Phi) is 4.02. The van der Waals surface area contributed by atoms with E-state index in [2.05, 4.69) is 12.2 Å². The average molecular weight is 268 g/mol. The van der Waals surface area contributed by atoms with Gasteiger partial charge in [0.1, 0.15) is 0 Å². The van der Waals surface area contributed by atoms with Crippen LogP contribution >= 0.6 is 0 Å². The van der Waals surface area contributed by atoms with Gasteiger partial charge in [-0.2, -0.15) is 0 Å². The number of carboxylic acid groups (broad SMARTS) is 1. The number of rotatable bonds is 5. The van der Waals surface area contributed by atoms with Crippen molar-refractivity contribution in [1.29, 1.82) is 0 Å². The van der Waals surface area contributed by atoms with Crippen LogP contribution in [0.1, 0.15) is 52.4 Å². The highest BCUT2D eigenvalue weighted by Gasteiger charge is 2.46. The molecule has 0 spiro atoms. The molecule has 2 aliphatic rings. The number of hydrogen-bond donors (Lipinski definition) is 2. The van der Waals surface area contributed by atoms with Crippen molar-refractivity contribution in [1.82, 2.24) is 10.2 Å². The molecule has 0 aromatic rings. The van der Waals surface area contributed by atoms with Crippen LogP contribution in [0.2, 0.25) is 0 Å². The molecular weight excluding hydrogens is 244 g/mol. The Balaban J connectivity index is 1.99. The summed E-state index contributed by atoms with van der Waals surface area (Å²) in [6, 6.07) is 0.0526. The minimum atomic E-state index is -0.808. The van der Waals surface area contributed by atoms with E-state index in [1.165, 1.54) is 0 Å². The standard InChI is InChI=1S/C14H24N2O3/c1-3-9-16(10-6-7-10)13(19)15-11-5-4-8-14(11,2)12(17)18/h10-11H,3-9H2,1-2H3,(H,15,19)(H,17,18). The molecule has 0 aromatic heterocycles. The Labute approximate surface area is 114 Å². The minimum Gasteiger partial charge on any atom is -0.481 e. The molecule has 0 bridgehead atoms. The second kappa shape index (κ2) is 5.39. The first-order chi connectivity index (χ1) is 8.99. The molecule has 0 aliphatic heterocycles. The molecule has 2 fully saturated rings. The molecular formula is C14H24N2O3. The van der Waals surface area contributed by atoms with Crippen molar-refractivity contribution in [2.75, 3.05) is 6.54 Å². The van der Waals surface area contributed by atoms with Crippen LogP contribution in [-0.2, 0) is 4.79 Å². The maximum absolute atomic E-state index is 12.3. The molecule has 2 aliphatic carbocycles. The fourth-order valence-electron chi connectivity index (χ4n) is 2.96. The third-order valence-electron chi connectivity index (χ3n) is 4.46. The van der Waals surface area contributed by atoms with Crippen molar-refractivity contribution in [3.63, 3.8) is 0 Å². The molecule has 19 heavy (non-hydrogen) atoms. The molecule has 2 N–H and O–H groups in total. The lowest BCUT2D eigenvalue weighted by atomic mass is 9.85. The number of hydrogen-bond acceptors (Lipinski definition) is 2. The van der Waals surface area contributed by atoms with Gasteiger partial charge in [0.2, 0.25) is 0 Å². The highest BCUT2D eigenvalue weighted by molar-refractivity contribution is 5.79. The van der Waals surface area contributed by atoms with Crippen LogP contribution in [0.3, 0.4) is 0 Å². The van der Waals surface area contributed by atoms with Gasteiger partial charge in [0.15, 0.2) is 0 Å². The molecule has 2 rings (SSSR count). The lowest BCUT2D eigenvalue weighted by Crippen LogP contribution is -2.52. The minimum absolute atomic E-state index is 0.0799. The summed E-state index contributed by atoms with van der Waals surface area (Å²) in [6.07, 6.45) is 5.36. The van der Waals surface area contributed by atoms with E-state index in [0.29, 0.717) is 12.5 Å². The van der Waals surface area contributed by atoms with E-state index in [1.807, 2.05) is 4.90 Å². The molecule has 0 heterocycles. The van der Waals surface area contributed by atoms with Crippen molar-refractivity contribution in [3.8, 4) is 0 Å². The van der Waals surface area contributed by atoms with Crippen molar-refractivity contribution in [2.24, 2.45) is 5.41 Å². The first kappa shape index (κ1) is 14.2. The second-order valence-electron chi connectivity index (χ2n) is 6.04. The summed E-state index contributed by atoms with van der Waals surface area (Å²) < 4.78 is 0. The Hall–Kier alpha value is -1.26. The molecule has 5 heteroatoms. The van der Waals surface area contributed by atoms with Crippen molar-refractivity contribution < 1.29 is 14.7 Å². The van der Waals surface area contributed by atoms with Crippen LogP contribution in [0.5, 0.6) is 0 Å². The average Bonchev–Trinajstić information content (AvgIpc) is 3.12. The number of nitrogens with zero attached hydrogens (tertiary/aromatic N) is 1. The smallest absolute Gasteiger partial charge is 0.317 e. The van der Waals surface area contributed by atoms with E-state index >= 15 is 0 Å². The van der Waals surface area contributed by atoms with Gasteiger partial charge in [0.25, 0.3) is 0 Å². The normalized spacial score (nSPS) is 30.1. The fourth-order valence-corrected chi connectivity index (χ4v) is 2.96. The Morgan fingerprint density at radius 3 is 2.58 bits per heavy atom. The number of urea groups is 1. The van der Waals surface area contributed by atoms with Gasteiger partial charge in [-0.15, -0.1) is 0 Å². The van der Waals surface area contributed by atoms with E-state index < -0.39 is 11.4 Å². The quantitative estimate of drug-likeness (QED) is 0.803. The molecule has 108 valence electrons. The second-order valence-corrected chi connectivity index (χ2v) is 6.04. The van der Waals surface area contributed by atoms with Crippen LogP contribution in [0, 0.1) is 5.41 Å². The lowest BCUT2D eigenvalue weighted by molar-refractivity contribution is -0.148. The van der Waals surface area contributed by atoms with Gasteiger partial charge in [0.05, 0.1) is 5.41 Å². The predicted octanol–water partition coefficient (Wildman–Crippen LogP) is 2.21. The molecule has 2 unspecified atom stereocenters. The maximum atomic E-state index is 12.3. The highest BCUT2D eigenvalue weighted by atomic mass is 16.4. The number of carbonyl (C=O) groups excluding carboxylic acids is 1. The van der Waals surface area contributed by atoms with Crippen LogP contribution in [0.4, 0.5) is 4.79 Å². The lowest BCUT2D eigenvalue weighted by Gasteiger charge is -2.31. The molecule has 0 aromatic carbocycles. The molecule has 2 atom stereocenters. The fraction of sp³-hybridized carbons (Fsp3) is 0.857. The monoisotopic (exact) mass is 268 g/mol. The van der Waals surface area contributed by atoms with Crippen LogP contribution in [-0.4, -0.2) is 40.6 Å². The number of aliphatic carboxylic acids is 1. The third kappa shape index (κ3) is 2.85. The van der Waals surface area contributed by atoms with Crippen molar-refractivity contribution in [2.45, 2.75) is 64.5 Å². The van der Waals surface area contributed by atoms with Gasteiger partial charge in [-0.3, -0.25) is 4.79 Å². The molecule has 2 saturated carbocycles. The molecule has 0 saturated heterocycles. The summed E-state index contributed by atoms with van der Waals surface area (Å²) in [6.45, 7) is 4.56. The van der Waals surface area contributed by atoms with Crippen LogP contribution in [0.15, 0.2) is 0 Å². The Morgan fingerprint density at radius 2 is 2.05 bits per heavy atom. The molecule has 2 amide bonds. The first-order valence-electron chi connectivity index (χ1n) is 7.29. The summed E-state index contributed by atoms with van der Waals surface area (Å²) in [5, 5.41) is 12.3. The van der Waals surface area contributed by atoms with Gasteiger partial charge in [-0.05, 0) is 39.0 Å². The van der Waals surface area contributed by atoms with Crippen molar-refractivity contribution in [3.05, 3.63) is 0 Å². The Bertz CT molecular complexity index is 368. The maximum Gasteiger partial charge on any atom is 0.317 e. The predicted molar refractivity (Wildman–Crippen MR) is 71.9 cm³/mol. The van der Waals surface area contributed by atoms with Gasteiger partial charge in [-0.1, -0.05) is 13.3 Å². The molecule has 5 nitrogen and oxygen atoms in total.